The minimum atomic E-state index is -0.328. The fourth-order valence-corrected chi connectivity index (χ4v) is 8.70. The molecule has 6 aromatic rings. The van der Waals surface area contributed by atoms with Crippen LogP contribution in [0.25, 0.3) is 0 Å². The van der Waals surface area contributed by atoms with E-state index in [-0.39, 0.29) is 63.9 Å². The lowest BCUT2D eigenvalue weighted by atomic mass is 10.0. The highest BCUT2D eigenvalue weighted by atomic mass is 35.5. The third-order valence-electron chi connectivity index (χ3n) is 9.56. The number of anilines is 5. The molecule has 0 aliphatic carbocycles. The third kappa shape index (κ3) is 15.4. The maximum atomic E-state index is 12.7. The Morgan fingerprint density at radius 2 is 1.27 bits per heavy atom. The first-order valence-corrected chi connectivity index (χ1v) is 22.2. The Bertz CT molecular complexity index is 2420. The number of β-amino-alcohol motifs (C(OH)–C–C–N with tert-alkyl or cyclic N) is 2. The summed E-state index contributed by atoms with van der Waals surface area (Å²) >= 11 is 20.9. The van der Waals surface area contributed by atoms with Crippen LogP contribution in [-0.4, -0.2) is 90.1 Å². The summed E-state index contributed by atoms with van der Waals surface area (Å²) in [4.78, 5) is 54.1. The second-order valence-electron chi connectivity index (χ2n) is 14.4. The summed E-state index contributed by atoms with van der Waals surface area (Å²) in [6.07, 6.45) is 4.88. The number of rotatable bonds is 11. The smallest absolute Gasteiger partial charge is 0.188 e. The molecule has 344 valence electrons. The van der Waals surface area contributed by atoms with Gasteiger partial charge in [0.25, 0.3) is 0 Å². The predicted octanol–water partition coefficient (Wildman–Crippen LogP) is 10.0. The van der Waals surface area contributed by atoms with Gasteiger partial charge in [-0.05, 0) is 81.5 Å². The van der Waals surface area contributed by atoms with Crippen molar-refractivity contribution in [3.63, 3.8) is 0 Å². The van der Waals surface area contributed by atoms with Crippen molar-refractivity contribution in [1.29, 1.82) is 0 Å². The van der Waals surface area contributed by atoms with Crippen LogP contribution in [0.1, 0.15) is 80.9 Å². The fraction of sp³-hybridized carbons (Fsp3) is 0.364. The van der Waals surface area contributed by atoms with E-state index in [1.54, 1.807) is 37.5 Å². The zero-order valence-electron chi connectivity index (χ0n) is 34.3. The molecule has 5 N–H and O–H groups in total. The van der Waals surface area contributed by atoms with Crippen molar-refractivity contribution in [3.05, 3.63) is 120 Å². The summed E-state index contributed by atoms with van der Waals surface area (Å²) in [5, 5.41) is 30.4. The maximum Gasteiger partial charge on any atom is 0.188 e. The van der Waals surface area contributed by atoms with Crippen LogP contribution in [0.2, 0.25) is 15.2 Å². The summed E-state index contributed by atoms with van der Waals surface area (Å²) in [5.41, 5.74) is 3.68. The van der Waals surface area contributed by atoms with E-state index >= 15 is 0 Å². The number of carbonyl (C=O) groups is 2. The van der Waals surface area contributed by atoms with Gasteiger partial charge in [-0.25, -0.2) is 29.9 Å². The molecule has 0 saturated carbocycles. The minimum Gasteiger partial charge on any atom is -0.392 e. The largest absolute Gasteiger partial charge is 0.392 e. The molecule has 2 aliphatic heterocycles. The number of aliphatic hydroxyl groups excluding tert-OH is 2. The number of halogens is 4. The summed E-state index contributed by atoms with van der Waals surface area (Å²) in [6, 6.07) is 14.7. The van der Waals surface area contributed by atoms with E-state index in [1.807, 2.05) is 56.0 Å². The van der Waals surface area contributed by atoms with Crippen molar-refractivity contribution in [2.24, 2.45) is 0 Å². The SMILES string of the molecule is C.C.Cc1nc(Cl)cc(Nc2ncc(C(=O)Cc3c(C)cccc3Cl)s2)n1.Cc1nc(Nc2ncc(C(=O)Cc3c(C)cccc3Cl)s2)cc(N2CC[C@H](O)C2)n1.Cl.O[C@H]1CCNC1. The van der Waals surface area contributed by atoms with Gasteiger partial charge in [0.15, 0.2) is 21.8 Å². The van der Waals surface area contributed by atoms with Gasteiger partial charge in [0.05, 0.1) is 34.4 Å². The number of aromatic nitrogens is 6. The second-order valence-corrected chi connectivity index (χ2v) is 17.7. The monoisotopic (exact) mass is 990 g/mol. The molecule has 8 rings (SSSR count). The van der Waals surface area contributed by atoms with Crippen molar-refractivity contribution in [1.82, 2.24) is 35.2 Å². The summed E-state index contributed by atoms with van der Waals surface area (Å²) in [7, 11) is 0. The number of Topliss-reactive ketones (excluding diaryl/α,β-unsaturated/α-hetero) is 2. The molecule has 0 bridgehead atoms. The Morgan fingerprint density at radius 1 is 0.750 bits per heavy atom. The van der Waals surface area contributed by atoms with Gasteiger partial charge in [-0.2, -0.15) is 0 Å². The molecule has 2 aromatic carbocycles. The molecule has 2 atom stereocenters. The van der Waals surface area contributed by atoms with Crippen molar-refractivity contribution < 1.29 is 19.8 Å². The summed E-state index contributed by atoms with van der Waals surface area (Å²) in [6.45, 7) is 10.6. The normalized spacial score (nSPS) is 15.0. The lowest BCUT2D eigenvalue weighted by Gasteiger charge is -2.17. The van der Waals surface area contributed by atoms with Gasteiger partial charge in [0.2, 0.25) is 0 Å². The van der Waals surface area contributed by atoms with Crippen LogP contribution in [-0.2, 0) is 12.8 Å². The van der Waals surface area contributed by atoms with Crippen LogP contribution in [0, 0.1) is 27.7 Å². The Balaban J connectivity index is 0.000000291. The molecule has 2 fully saturated rings. The quantitative estimate of drug-likeness (QED) is 0.0609. The van der Waals surface area contributed by atoms with Crippen LogP contribution >= 0.6 is 69.9 Å². The van der Waals surface area contributed by atoms with Crippen LogP contribution in [0.5, 0.6) is 0 Å². The van der Waals surface area contributed by atoms with E-state index in [4.69, 9.17) is 39.9 Å². The van der Waals surface area contributed by atoms with E-state index < -0.39 is 0 Å². The molecule has 0 spiro atoms. The Hall–Kier alpha value is -4.36. The number of hydrogen-bond donors (Lipinski definition) is 5. The van der Waals surface area contributed by atoms with E-state index in [0.717, 1.165) is 60.5 Å². The molecule has 0 amide bonds. The van der Waals surface area contributed by atoms with Gasteiger partial charge in [0, 0.05) is 54.7 Å². The van der Waals surface area contributed by atoms with Crippen LogP contribution in [0.4, 0.5) is 27.7 Å². The van der Waals surface area contributed by atoms with Gasteiger partial charge in [-0.3, -0.25) is 9.59 Å². The van der Waals surface area contributed by atoms with Gasteiger partial charge < -0.3 is 31.1 Å². The molecular formula is C44H54Cl4N10O4S2. The molecular weight excluding hydrogens is 938 g/mol. The number of carbonyl (C=O) groups excluding carboxylic acids is 2. The van der Waals surface area contributed by atoms with Gasteiger partial charge in [0.1, 0.15) is 34.3 Å². The lowest BCUT2D eigenvalue weighted by molar-refractivity contribution is 0.0988. The highest BCUT2D eigenvalue weighted by molar-refractivity contribution is 7.17. The van der Waals surface area contributed by atoms with Crippen molar-refractivity contribution in [3.8, 4) is 0 Å². The highest BCUT2D eigenvalue weighted by Gasteiger charge is 2.23. The number of nitrogens with one attached hydrogen (secondary N) is 3. The van der Waals surface area contributed by atoms with E-state index in [0.29, 0.717) is 65.0 Å². The van der Waals surface area contributed by atoms with Gasteiger partial charge >= 0.3 is 0 Å². The minimum absolute atomic E-state index is 0. The zero-order chi connectivity index (χ0) is 43.6. The van der Waals surface area contributed by atoms with Crippen LogP contribution in [0.3, 0.4) is 0 Å². The first-order valence-electron chi connectivity index (χ1n) is 19.4. The molecule has 14 nitrogen and oxygen atoms in total. The van der Waals surface area contributed by atoms with E-state index in [2.05, 4.69) is 45.9 Å². The number of aryl methyl sites for hydroxylation is 4. The number of benzene rings is 2. The highest BCUT2D eigenvalue weighted by Crippen LogP contribution is 2.29. The lowest BCUT2D eigenvalue weighted by Crippen LogP contribution is -2.22. The third-order valence-corrected chi connectivity index (χ3v) is 12.4. The zero-order valence-corrected chi connectivity index (χ0v) is 39.0. The Kier molecular flexibility index (Phi) is 21.4. The second kappa shape index (κ2) is 25.4. The van der Waals surface area contributed by atoms with Crippen molar-refractivity contribution >= 4 is 109 Å². The molecule has 20 heteroatoms. The Morgan fingerprint density at radius 3 is 1.69 bits per heavy atom. The number of nitrogens with zero attached hydrogens (tertiary/aromatic N) is 7. The molecule has 2 saturated heterocycles. The molecule has 0 radical (unpaired) electrons. The number of hydrogen-bond acceptors (Lipinski definition) is 16. The topological polar surface area (TPSA) is 191 Å². The van der Waals surface area contributed by atoms with Crippen LogP contribution < -0.4 is 20.9 Å². The summed E-state index contributed by atoms with van der Waals surface area (Å²) in [5.74, 6) is 3.03. The predicted molar refractivity (Wildman–Crippen MR) is 265 cm³/mol. The van der Waals surface area contributed by atoms with E-state index in [9.17, 15) is 14.7 Å². The first-order chi connectivity index (χ1) is 29.2. The first kappa shape index (κ1) is 54.0. The van der Waals surface area contributed by atoms with E-state index in [1.165, 1.54) is 22.7 Å². The molecule has 0 unspecified atom stereocenters. The van der Waals surface area contributed by atoms with Gasteiger partial charge in [-0.15, -0.1) is 12.4 Å². The molecule has 4 aromatic heterocycles. The van der Waals surface area contributed by atoms with Crippen molar-refractivity contribution in [2.45, 2.75) is 80.4 Å². The number of thiazole rings is 2. The standard InChI is InChI=1S/C21H22ClN5O2S.C17H14Cl2N4OS.C4H9NO.2CH4.ClH/c1-12-4-3-5-16(22)15(12)8-17(29)18-10-23-21(30-18)26-19-9-20(25-13(2)24-19)27-7-6-14(28)11-27;1-9-4-3-5-12(18)11(9)6-13(24)14-8-20-17(25-14)23-16-7-15(19)21-10(2)22-16;6-4-1-2-5-3-4;;;/h3-5,9-10,14,28H,6-8,11H2,1-2H3,(H,23,24,25,26);3-5,7-8H,6H2,1-2H3,(H,20,21,22,23);4-6H,1-3H2;2*1H4;1H/t14-;;4-;;;/m0.0.../s1. The summed E-state index contributed by atoms with van der Waals surface area (Å²) < 4.78 is 0. The van der Waals surface area contributed by atoms with Crippen molar-refractivity contribution in [2.75, 3.05) is 41.7 Å². The average molecular weight is 993 g/mol. The number of aliphatic hydroxyl groups is 2. The maximum absolute atomic E-state index is 12.7. The Labute approximate surface area is 403 Å². The molecule has 2 aliphatic rings. The fourth-order valence-electron chi connectivity index (χ4n) is 6.38. The molecule has 6 heterocycles. The van der Waals surface area contributed by atoms with Crippen LogP contribution in [0.15, 0.2) is 60.9 Å². The average Bonchev–Trinajstić information content (AvgIpc) is 4.05. The number of ketones is 2. The molecule has 64 heavy (non-hydrogen) atoms. The van der Waals surface area contributed by atoms with Gasteiger partial charge in [-0.1, -0.05) is 96.6 Å².